The molecule has 0 atom stereocenters. The monoisotopic (exact) mass is 326 g/mol. The quantitative estimate of drug-likeness (QED) is 0.292. The minimum Gasteiger partial charge on any atom is -0.329 e. The molecule has 0 aromatic rings. The highest BCUT2D eigenvalue weighted by atomic mass is 33.1. The van der Waals surface area contributed by atoms with Crippen molar-refractivity contribution in [1.82, 2.24) is 0 Å². The molecule has 0 fully saturated rings. The van der Waals surface area contributed by atoms with E-state index in [9.17, 15) is 9.46 Å². The van der Waals surface area contributed by atoms with Crippen molar-refractivity contribution < 1.29 is 9.46 Å². The molecule has 0 saturated heterocycles. The summed E-state index contributed by atoms with van der Waals surface area (Å²) in [5.74, 6) is -1.30. The van der Waals surface area contributed by atoms with Gasteiger partial charge >= 0.3 is 5.77 Å². The van der Waals surface area contributed by atoms with Gasteiger partial charge in [0.25, 0.3) is 0 Å². The van der Waals surface area contributed by atoms with Gasteiger partial charge in [-0.2, -0.15) is 0 Å². The summed E-state index contributed by atoms with van der Waals surface area (Å²) in [6.07, 6.45) is 12.1. The highest BCUT2D eigenvalue weighted by Gasteiger charge is 2.18. The second-order valence-corrected chi connectivity index (χ2v) is 12.4. The predicted octanol–water partition coefficient (Wildman–Crippen LogP) is 6.49. The van der Waals surface area contributed by atoms with Crippen LogP contribution in [0.25, 0.3) is 0 Å². The summed E-state index contributed by atoms with van der Waals surface area (Å²) < 4.78 is 11.9. The van der Waals surface area contributed by atoms with Crippen molar-refractivity contribution in [1.29, 1.82) is 0 Å². The van der Waals surface area contributed by atoms with Gasteiger partial charge in [-0.05, 0) is 12.8 Å². The standard InChI is InChI=1S/C14H31O2PS2/c1-3-5-7-9-11-13-18-17(15,16)19-14-12-10-8-6-4-2/h3-14H2,1-2H3,(H,15,16). The van der Waals surface area contributed by atoms with Gasteiger partial charge in [0, 0.05) is 11.5 Å². The van der Waals surface area contributed by atoms with Gasteiger partial charge in [0.15, 0.2) is 0 Å². The van der Waals surface area contributed by atoms with Gasteiger partial charge in [0.05, 0.1) is 0 Å². The van der Waals surface area contributed by atoms with E-state index in [1.807, 2.05) is 0 Å². The third-order valence-electron chi connectivity index (χ3n) is 3.00. The van der Waals surface area contributed by atoms with Crippen molar-refractivity contribution in [3.8, 4) is 0 Å². The predicted molar refractivity (Wildman–Crippen MR) is 92.3 cm³/mol. The molecule has 19 heavy (non-hydrogen) atoms. The highest BCUT2D eigenvalue weighted by Crippen LogP contribution is 2.65. The summed E-state index contributed by atoms with van der Waals surface area (Å²) in [6, 6.07) is 0. The number of hydrogen-bond acceptors (Lipinski definition) is 3. The van der Waals surface area contributed by atoms with E-state index in [1.165, 1.54) is 74.1 Å². The second-order valence-electron chi connectivity index (χ2n) is 4.96. The Morgan fingerprint density at radius 3 is 1.47 bits per heavy atom. The molecule has 0 spiro atoms. The molecule has 0 aromatic carbocycles. The molecule has 0 radical (unpaired) electrons. The fourth-order valence-electron chi connectivity index (χ4n) is 1.81. The number of unbranched alkanes of at least 4 members (excludes halogenated alkanes) is 8. The van der Waals surface area contributed by atoms with E-state index in [4.69, 9.17) is 0 Å². The lowest BCUT2D eigenvalue weighted by Crippen LogP contribution is -1.84. The summed E-state index contributed by atoms with van der Waals surface area (Å²) in [5.41, 5.74) is 0. The van der Waals surface area contributed by atoms with E-state index in [0.717, 1.165) is 24.3 Å². The molecule has 0 bridgehead atoms. The fraction of sp³-hybridized carbons (Fsp3) is 1.00. The van der Waals surface area contributed by atoms with Gasteiger partial charge in [-0.15, -0.1) is 0 Å². The molecule has 2 nitrogen and oxygen atoms in total. The van der Waals surface area contributed by atoms with Crippen LogP contribution in [0, 0.1) is 0 Å². The largest absolute Gasteiger partial charge is 0.329 e. The summed E-state index contributed by atoms with van der Waals surface area (Å²) in [4.78, 5) is 9.80. The van der Waals surface area contributed by atoms with Gasteiger partial charge in [-0.1, -0.05) is 88.0 Å². The van der Waals surface area contributed by atoms with E-state index in [2.05, 4.69) is 13.8 Å². The molecule has 0 aliphatic carbocycles. The minimum atomic E-state index is -2.97. The van der Waals surface area contributed by atoms with Crippen LogP contribution in [-0.2, 0) is 4.57 Å². The van der Waals surface area contributed by atoms with Crippen LogP contribution in [0.5, 0.6) is 0 Å². The number of rotatable bonds is 14. The average Bonchev–Trinajstić information content (AvgIpc) is 2.38. The first-order valence-corrected chi connectivity index (χ1v) is 12.6. The number of hydrogen-bond donors (Lipinski definition) is 1. The van der Waals surface area contributed by atoms with Crippen molar-refractivity contribution in [3.05, 3.63) is 0 Å². The third kappa shape index (κ3) is 15.1. The molecule has 116 valence electrons. The van der Waals surface area contributed by atoms with E-state index < -0.39 is 5.77 Å². The van der Waals surface area contributed by atoms with Crippen LogP contribution in [0.2, 0.25) is 0 Å². The Morgan fingerprint density at radius 2 is 1.11 bits per heavy atom. The summed E-state index contributed by atoms with van der Waals surface area (Å²) in [7, 11) is 0. The van der Waals surface area contributed by atoms with Crippen molar-refractivity contribution in [2.24, 2.45) is 0 Å². The summed E-state index contributed by atoms with van der Waals surface area (Å²) in [6.45, 7) is 4.40. The fourth-order valence-corrected chi connectivity index (χ4v) is 7.41. The van der Waals surface area contributed by atoms with Crippen molar-refractivity contribution in [3.63, 3.8) is 0 Å². The average molecular weight is 327 g/mol. The lowest BCUT2D eigenvalue weighted by atomic mass is 10.2. The zero-order chi connectivity index (χ0) is 14.4. The van der Waals surface area contributed by atoms with Crippen LogP contribution < -0.4 is 0 Å². The van der Waals surface area contributed by atoms with Crippen LogP contribution in [0.4, 0.5) is 0 Å². The molecular formula is C14H31O2PS2. The van der Waals surface area contributed by atoms with Gasteiger partial charge in [0.1, 0.15) is 0 Å². The maximum Gasteiger partial charge on any atom is 0.310 e. The van der Waals surface area contributed by atoms with E-state index >= 15 is 0 Å². The van der Waals surface area contributed by atoms with Gasteiger partial charge in [0.2, 0.25) is 0 Å². The van der Waals surface area contributed by atoms with Crippen molar-refractivity contribution in [2.75, 3.05) is 11.5 Å². The molecular weight excluding hydrogens is 295 g/mol. The zero-order valence-electron chi connectivity index (χ0n) is 12.6. The third-order valence-corrected chi connectivity index (χ3v) is 9.55. The Kier molecular flexibility index (Phi) is 14.5. The topological polar surface area (TPSA) is 37.3 Å². The molecule has 5 heteroatoms. The molecule has 0 saturated carbocycles. The molecule has 0 rings (SSSR count). The Morgan fingerprint density at radius 1 is 0.737 bits per heavy atom. The van der Waals surface area contributed by atoms with Gasteiger partial charge < -0.3 is 4.89 Å². The Balaban J connectivity index is 3.39. The van der Waals surface area contributed by atoms with E-state index in [0.29, 0.717) is 0 Å². The van der Waals surface area contributed by atoms with Crippen LogP contribution in [0.15, 0.2) is 0 Å². The Bertz CT molecular complexity index is 217. The first-order chi connectivity index (χ1) is 9.12. The molecule has 0 unspecified atom stereocenters. The lowest BCUT2D eigenvalue weighted by molar-refractivity contribution is 0.514. The van der Waals surface area contributed by atoms with Crippen LogP contribution in [-0.4, -0.2) is 16.4 Å². The molecule has 0 amide bonds. The maximum atomic E-state index is 11.9. The highest BCUT2D eigenvalue weighted by molar-refractivity contribution is 8.88. The zero-order valence-corrected chi connectivity index (χ0v) is 15.1. The lowest BCUT2D eigenvalue weighted by Gasteiger charge is -2.09. The minimum absolute atomic E-state index is 0.834. The molecule has 1 N–H and O–H groups in total. The van der Waals surface area contributed by atoms with Crippen LogP contribution in [0.3, 0.4) is 0 Å². The van der Waals surface area contributed by atoms with Crippen molar-refractivity contribution in [2.45, 2.75) is 78.1 Å². The smallest absolute Gasteiger partial charge is 0.310 e. The maximum absolute atomic E-state index is 11.9. The van der Waals surface area contributed by atoms with Crippen molar-refractivity contribution >= 4 is 28.5 Å². The SMILES string of the molecule is CCCCCCCSP(=O)(O)SCCCCCCC. The molecule has 0 aliphatic rings. The normalized spacial score (nSPS) is 11.9. The van der Waals surface area contributed by atoms with E-state index in [1.54, 1.807) is 0 Å². The van der Waals surface area contributed by atoms with Crippen LogP contribution >= 0.6 is 28.5 Å². The van der Waals surface area contributed by atoms with Gasteiger partial charge in [-0.25, -0.2) is 0 Å². The van der Waals surface area contributed by atoms with E-state index in [-0.39, 0.29) is 0 Å². The Labute approximate surface area is 127 Å². The molecule has 0 aromatic heterocycles. The molecule has 0 heterocycles. The van der Waals surface area contributed by atoms with Gasteiger partial charge in [-0.3, -0.25) is 4.57 Å². The summed E-state index contributed by atoms with van der Waals surface area (Å²) in [5, 5.41) is 0. The Hall–Kier alpha value is 0.890. The first kappa shape index (κ1) is 19.9. The van der Waals surface area contributed by atoms with Crippen LogP contribution in [0.1, 0.15) is 78.1 Å². The first-order valence-electron chi connectivity index (χ1n) is 7.74. The summed E-state index contributed by atoms with van der Waals surface area (Å²) >= 11 is 2.56. The second kappa shape index (κ2) is 13.9. The molecule has 0 aliphatic heterocycles.